The summed E-state index contributed by atoms with van der Waals surface area (Å²) in [5.41, 5.74) is 0. The first kappa shape index (κ1) is 30.3. The Bertz CT molecular complexity index is 1100. The highest BCUT2D eigenvalue weighted by Crippen LogP contribution is 2.57. The molecule has 208 valence electrons. The largest absolute Gasteiger partial charge is 0.439 e. The van der Waals surface area contributed by atoms with Crippen molar-refractivity contribution < 1.29 is 18.6 Å². The van der Waals surface area contributed by atoms with Crippen LogP contribution < -0.4 is 9.05 Å². The first-order valence-corrected chi connectivity index (χ1v) is 16.7. The van der Waals surface area contributed by atoms with Crippen LogP contribution in [0, 0.1) is 0 Å². The maximum absolute atomic E-state index is 13.8. The fraction of sp³-hybridized carbons (Fsp3) is 0.364. The van der Waals surface area contributed by atoms with Crippen molar-refractivity contribution >= 4 is 48.8 Å². The third-order valence-corrected chi connectivity index (χ3v) is 14.4. The number of benzene rings is 2. The Balaban J connectivity index is 2.13. The van der Waals surface area contributed by atoms with Crippen molar-refractivity contribution in [2.45, 2.75) is 0 Å². The molecule has 0 atom stereocenters. The van der Waals surface area contributed by atoms with E-state index in [2.05, 4.69) is 0 Å². The van der Waals surface area contributed by atoms with E-state index < -0.39 is 25.2 Å². The lowest BCUT2D eigenvalue weighted by atomic mass is 10.3. The molecule has 0 aromatic heterocycles. The predicted octanol–water partition coefficient (Wildman–Crippen LogP) is 3.96. The van der Waals surface area contributed by atoms with Crippen LogP contribution in [-0.4, -0.2) is 108 Å². The standard InChI is InChI=1S/C22H34N8O4P2S2/c1-23-21(31)24(2)28(6)36(38,34-20-17-13-10-14-18-20)30(8)26(4)22(32)25(3)29(7)35(37,27(23)5)33-19-15-11-9-12-16-19/h9-18H,1-8H3. The average molecular weight is 601 g/mol. The first-order valence-electron chi connectivity index (χ1n) is 11.4. The molecule has 1 fully saturated rings. The summed E-state index contributed by atoms with van der Waals surface area (Å²) in [6, 6.07) is 17.2. The highest BCUT2D eigenvalue weighted by molar-refractivity contribution is 8.10. The van der Waals surface area contributed by atoms with E-state index in [4.69, 9.17) is 32.7 Å². The van der Waals surface area contributed by atoms with Crippen LogP contribution in [0.2, 0.25) is 0 Å². The van der Waals surface area contributed by atoms with Crippen molar-refractivity contribution in [3.8, 4) is 11.5 Å². The number of rotatable bonds is 4. The van der Waals surface area contributed by atoms with Gasteiger partial charge in [-0.2, -0.15) is 0 Å². The van der Waals surface area contributed by atoms with Gasteiger partial charge in [0.1, 0.15) is 11.5 Å². The maximum Gasteiger partial charge on any atom is 0.349 e. The molecule has 1 heterocycles. The van der Waals surface area contributed by atoms with E-state index in [-0.39, 0.29) is 0 Å². The highest BCUT2D eigenvalue weighted by atomic mass is 32.5. The second kappa shape index (κ2) is 11.8. The Kier molecular flexibility index (Phi) is 9.44. The van der Waals surface area contributed by atoms with Gasteiger partial charge in [0.15, 0.2) is 0 Å². The van der Waals surface area contributed by atoms with Crippen LogP contribution in [0.5, 0.6) is 11.5 Å². The minimum atomic E-state index is -3.26. The number of hydrogen-bond acceptors (Lipinski definition) is 6. The van der Waals surface area contributed by atoms with Crippen molar-refractivity contribution in [1.29, 1.82) is 0 Å². The van der Waals surface area contributed by atoms with Gasteiger partial charge in [0.2, 0.25) is 0 Å². The van der Waals surface area contributed by atoms with Crippen molar-refractivity contribution in [3.63, 3.8) is 0 Å². The van der Waals surface area contributed by atoms with Crippen molar-refractivity contribution in [2.24, 2.45) is 0 Å². The fourth-order valence-corrected chi connectivity index (χ4v) is 8.95. The third-order valence-electron chi connectivity index (χ3n) is 6.24. The molecule has 38 heavy (non-hydrogen) atoms. The van der Waals surface area contributed by atoms with Gasteiger partial charge in [-0.15, -0.1) is 19.1 Å². The normalized spacial score (nSPS) is 25.8. The summed E-state index contributed by atoms with van der Waals surface area (Å²) >= 11 is 12.2. The molecule has 0 bridgehead atoms. The summed E-state index contributed by atoms with van der Waals surface area (Å²) in [6.45, 7) is -6.53. The zero-order valence-corrected chi connectivity index (χ0v) is 26.1. The number of carbonyl (C=O) groups is 2. The SMILES string of the molecule is CN1C(=O)N(C)N(C)P(=S)(Oc2ccccc2)N(C)N(C)C(=O)N(C)N(C)P(=S)(Oc2ccccc2)N1C. The summed E-state index contributed by atoms with van der Waals surface area (Å²) in [5.74, 6) is 1.01. The molecular formula is C22H34N8O4P2S2. The molecule has 12 nitrogen and oxygen atoms in total. The second-order valence-corrected chi connectivity index (χ2v) is 15.9. The third kappa shape index (κ3) is 5.68. The van der Waals surface area contributed by atoms with Gasteiger partial charge in [0, 0.05) is 56.4 Å². The molecule has 0 aliphatic carbocycles. The number of urea groups is 2. The molecule has 16 heteroatoms. The van der Waals surface area contributed by atoms with E-state index in [1.165, 1.54) is 20.0 Å². The lowest BCUT2D eigenvalue weighted by Gasteiger charge is -2.49. The highest BCUT2D eigenvalue weighted by Gasteiger charge is 2.45. The molecular weight excluding hydrogens is 566 g/mol. The molecule has 1 aliphatic rings. The predicted molar refractivity (Wildman–Crippen MR) is 156 cm³/mol. The zero-order valence-electron chi connectivity index (χ0n) is 22.7. The molecule has 0 saturated carbocycles. The molecule has 2 aromatic carbocycles. The topological polar surface area (TPSA) is 78.5 Å². The van der Waals surface area contributed by atoms with Crippen LogP contribution in [0.25, 0.3) is 0 Å². The van der Waals surface area contributed by atoms with Gasteiger partial charge in [-0.1, -0.05) is 36.4 Å². The van der Waals surface area contributed by atoms with Gasteiger partial charge in [0.05, 0.1) is 0 Å². The van der Waals surface area contributed by atoms with Crippen molar-refractivity contribution in [2.75, 3.05) is 56.4 Å². The van der Waals surface area contributed by atoms with Gasteiger partial charge < -0.3 is 9.05 Å². The number of hydrogen-bond donors (Lipinski definition) is 0. The van der Waals surface area contributed by atoms with Crippen LogP contribution in [0.3, 0.4) is 0 Å². The summed E-state index contributed by atoms with van der Waals surface area (Å²) < 4.78 is 18.8. The summed E-state index contributed by atoms with van der Waals surface area (Å²) in [6.07, 6.45) is 0. The smallest absolute Gasteiger partial charge is 0.349 e. The van der Waals surface area contributed by atoms with Gasteiger partial charge in [0.25, 0.3) is 13.1 Å². The summed E-state index contributed by atoms with van der Waals surface area (Å²) in [7, 11) is 13.0. The van der Waals surface area contributed by atoms with Crippen molar-refractivity contribution in [1.82, 2.24) is 39.2 Å². The van der Waals surface area contributed by atoms with Gasteiger partial charge in [-0.05, 0) is 47.9 Å². The Morgan fingerprint density at radius 1 is 0.500 bits per heavy atom. The molecule has 4 amide bonds. The van der Waals surface area contributed by atoms with E-state index >= 15 is 0 Å². The molecule has 0 spiro atoms. The number of para-hydroxylation sites is 2. The lowest BCUT2D eigenvalue weighted by molar-refractivity contribution is 0.0190. The van der Waals surface area contributed by atoms with Crippen LogP contribution in [0.15, 0.2) is 60.7 Å². The minimum absolute atomic E-state index is 0.439. The molecule has 0 radical (unpaired) electrons. The van der Waals surface area contributed by atoms with Gasteiger partial charge in [-0.25, -0.2) is 9.59 Å². The monoisotopic (exact) mass is 600 g/mol. The van der Waals surface area contributed by atoms with E-state index in [1.54, 1.807) is 99.8 Å². The number of nitrogens with zero attached hydrogens (tertiary/aromatic N) is 8. The summed E-state index contributed by atoms with van der Waals surface area (Å²) in [4.78, 5) is 27.5. The van der Waals surface area contributed by atoms with E-state index in [0.29, 0.717) is 11.5 Å². The Labute approximate surface area is 234 Å². The minimum Gasteiger partial charge on any atom is -0.439 e. The first-order chi connectivity index (χ1) is 17.8. The molecule has 0 unspecified atom stereocenters. The Morgan fingerprint density at radius 2 is 0.737 bits per heavy atom. The fourth-order valence-electron chi connectivity index (χ4n) is 3.44. The lowest BCUT2D eigenvalue weighted by Crippen LogP contribution is -2.58. The van der Waals surface area contributed by atoms with E-state index in [9.17, 15) is 9.59 Å². The molecule has 3 rings (SSSR count). The van der Waals surface area contributed by atoms with Crippen LogP contribution >= 0.6 is 13.1 Å². The second-order valence-electron chi connectivity index (χ2n) is 8.41. The van der Waals surface area contributed by atoms with Gasteiger partial charge in [-0.3, -0.25) is 20.0 Å². The molecule has 2 aromatic rings. The average Bonchev–Trinajstić information content (AvgIpc) is 2.93. The Morgan fingerprint density at radius 3 is 0.974 bits per heavy atom. The van der Waals surface area contributed by atoms with E-state index in [0.717, 1.165) is 0 Å². The molecule has 1 saturated heterocycles. The summed E-state index contributed by atoms with van der Waals surface area (Å²) in [5, 5.41) is 5.40. The quantitative estimate of drug-likeness (QED) is 0.482. The van der Waals surface area contributed by atoms with Crippen LogP contribution in [-0.2, 0) is 23.6 Å². The van der Waals surface area contributed by atoms with Crippen molar-refractivity contribution in [3.05, 3.63) is 60.7 Å². The van der Waals surface area contributed by atoms with Crippen LogP contribution in [0.1, 0.15) is 0 Å². The zero-order chi connectivity index (χ0) is 28.4. The maximum atomic E-state index is 13.8. The van der Waals surface area contributed by atoms with E-state index in [1.807, 2.05) is 36.4 Å². The van der Waals surface area contributed by atoms with Gasteiger partial charge >= 0.3 is 12.1 Å². The number of hydrazine groups is 4. The molecule has 1 aliphatic heterocycles. The number of amides is 4. The number of carbonyl (C=O) groups excluding carboxylic acids is 2. The van der Waals surface area contributed by atoms with Crippen LogP contribution in [0.4, 0.5) is 9.59 Å². The molecule has 0 N–H and O–H groups in total. The Hall–Kier alpha value is -2.28.